The van der Waals surface area contributed by atoms with Crippen LogP contribution in [0.3, 0.4) is 0 Å². The minimum atomic E-state index is -1.32. The summed E-state index contributed by atoms with van der Waals surface area (Å²) < 4.78 is -1.32. The molecule has 2 aromatic rings. The van der Waals surface area contributed by atoms with E-state index in [1.807, 2.05) is 0 Å². The summed E-state index contributed by atoms with van der Waals surface area (Å²) in [6.07, 6.45) is 1.14. The van der Waals surface area contributed by atoms with Crippen molar-refractivity contribution in [1.29, 1.82) is 0 Å². The summed E-state index contributed by atoms with van der Waals surface area (Å²) in [6, 6.07) is 9.28. The molecule has 3 atom stereocenters. The van der Waals surface area contributed by atoms with Crippen molar-refractivity contribution >= 4 is 81.9 Å². The number of benzene rings is 2. The molecule has 33 heavy (non-hydrogen) atoms. The third-order valence-electron chi connectivity index (χ3n) is 5.24. The monoisotopic (exact) mass is 549 g/mol. The summed E-state index contributed by atoms with van der Waals surface area (Å²) >= 11 is 31.1. The first-order valence-electron chi connectivity index (χ1n) is 9.96. The quantitative estimate of drug-likeness (QED) is 0.221. The van der Waals surface area contributed by atoms with E-state index in [9.17, 15) is 14.4 Å². The highest BCUT2D eigenvalue weighted by Gasteiger charge is 2.67. The van der Waals surface area contributed by atoms with Crippen LogP contribution in [0.2, 0.25) is 15.1 Å². The molecule has 176 valence electrons. The van der Waals surface area contributed by atoms with E-state index in [1.54, 1.807) is 31.2 Å². The normalized spacial score (nSPS) is 19.3. The van der Waals surface area contributed by atoms with Gasteiger partial charge in [-0.25, -0.2) is 0 Å². The number of halogens is 5. The van der Waals surface area contributed by atoms with Crippen molar-refractivity contribution in [1.82, 2.24) is 10.6 Å². The number of nitrogens with one attached hydrogen (secondary N) is 3. The van der Waals surface area contributed by atoms with E-state index in [0.29, 0.717) is 40.7 Å². The molecule has 1 aliphatic carbocycles. The van der Waals surface area contributed by atoms with Gasteiger partial charge in [-0.3, -0.25) is 14.4 Å². The van der Waals surface area contributed by atoms with E-state index in [4.69, 9.17) is 58.0 Å². The van der Waals surface area contributed by atoms with Crippen molar-refractivity contribution in [2.75, 3.05) is 11.9 Å². The number of rotatable bonds is 9. The van der Waals surface area contributed by atoms with Gasteiger partial charge in [-0.1, -0.05) is 34.8 Å². The highest BCUT2D eigenvalue weighted by Crippen LogP contribution is 2.65. The van der Waals surface area contributed by atoms with Crippen LogP contribution in [0.4, 0.5) is 5.69 Å². The Morgan fingerprint density at radius 2 is 1.76 bits per heavy atom. The van der Waals surface area contributed by atoms with E-state index in [-0.39, 0.29) is 16.6 Å². The first-order valence-corrected chi connectivity index (χ1v) is 11.9. The highest BCUT2D eigenvalue weighted by atomic mass is 35.5. The Hall–Kier alpha value is -1.70. The van der Waals surface area contributed by atoms with Gasteiger partial charge in [0.2, 0.25) is 12.3 Å². The third-order valence-corrected chi connectivity index (χ3v) is 6.95. The van der Waals surface area contributed by atoms with Crippen molar-refractivity contribution in [2.45, 2.75) is 29.6 Å². The number of hydrogen-bond acceptors (Lipinski definition) is 3. The summed E-state index contributed by atoms with van der Waals surface area (Å²) in [7, 11) is 0. The van der Waals surface area contributed by atoms with E-state index in [0.717, 1.165) is 0 Å². The fraction of sp³-hybridized carbons (Fsp3) is 0.318. The molecule has 11 heteroatoms. The average molecular weight is 552 g/mol. The van der Waals surface area contributed by atoms with Gasteiger partial charge in [0.1, 0.15) is 4.33 Å². The van der Waals surface area contributed by atoms with Gasteiger partial charge >= 0.3 is 0 Å². The predicted molar refractivity (Wildman–Crippen MR) is 133 cm³/mol. The molecule has 1 saturated carbocycles. The molecular weight excluding hydrogens is 532 g/mol. The largest absolute Gasteiger partial charge is 0.359 e. The summed E-state index contributed by atoms with van der Waals surface area (Å²) in [6.45, 7) is 2.23. The minimum absolute atomic E-state index is 0.196. The minimum Gasteiger partial charge on any atom is -0.359 e. The second kappa shape index (κ2) is 10.7. The number of anilines is 1. The van der Waals surface area contributed by atoms with Gasteiger partial charge in [0, 0.05) is 34.2 Å². The van der Waals surface area contributed by atoms with Crippen molar-refractivity contribution < 1.29 is 14.4 Å². The summed E-state index contributed by atoms with van der Waals surface area (Å²) in [5.74, 6) is -2.05. The maximum atomic E-state index is 12.9. The number of amides is 3. The van der Waals surface area contributed by atoms with Crippen LogP contribution in [0, 0.1) is 5.92 Å². The zero-order chi connectivity index (χ0) is 24.3. The molecule has 0 spiro atoms. The topological polar surface area (TPSA) is 87.3 Å². The maximum Gasteiger partial charge on any atom is 0.253 e. The molecule has 3 rings (SSSR count). The van der Waals surface area contributed by atoms with Crippen LogP contribution in [-0.4, -0.2) is 35.1 Å². The van der Waals surface area contributed by atoms with E-state index >= 15 is 0 Å². The fourth-order valence-electron chi connectivity index (χ4n) is 3.55. The van der Waals surface area contributed by atoms with Gasteiger partial charge in [0.25, 0.3) is 5.91 Å². The lowest BCUT2D eigenvalue weighted by Crippen LogP contribution is -2.35. The van der Waals surface area contributed by atoms with Crippen molar-refractivity contribution in [3.8, 4) is 0 Å². The number of alkyl halides is 2. The van der Waals surface area contributed by atoms with Crippen LogP contribution in [0.15, 0.2) is 36.4 Å². The van der Waals surface area contributed by atoms with Crippen LogP contribution in [0.5, 0.6) is 0 Å². The first kappa shape index (κ1) is 25.9. The zero-order valence-electron chi connectivity index (χ0n) is 17.3. The molecule has 1 fully saturated rings. The second-order valence-corrected chi connectivity index (χ2v) is 10.5. The standard InChI is InChI=1S/C22H20Cl5N3O3/c1-11(4-5-28-10-31)29-20(32)16-9-15(2-3-17(16)25)30-21(33)19-18(22(19,26)27)12-6-13(23)8-14(24)7-12/h2-3,6-11,18-19H,4-5H2,1H3,(H,28,31)(H,29,32)(H,30,33). The van der Waals surface area contributed by atoms with Crippen molar-refractivity contribution in [3.05, 3.63) is 62.6 Å². The van der Waals surface area contributed by atoms with Gasteiger partial charge in [-0.15, -0.1) is 23.2 Å². The zero-order valence-corrected chi connectivity index (χ0v) is 21.1. The van der Waals surface area contributed by atoms with Gasteiger partial charge in [0.05, 0.1) is 16.5 Å². The Kier molecular flexibility index (Phi) is 8.40. The SMILES string of the molecule is CC(CCNC=O)NC(=O)c1cc(NC(=O)C2C(c3cc(Cl)cc(Cl)c3)C2(Cl)Cl)ccc1Cl. The van der Waals surface area contributed by atoms with Crippen LogP contribution in [0.1, 0.15) is 35.2 Å². The molecule has 0 saturated heterocycles. The molecule has 0 aromatic heterocycles. The van der Waals surface area contributed by atoms with Crippen LogP contribution in [0.25, 0.3) is 0 Å². The molecule has 3 N–H and O–H groups in total. The lowest BCUT2D eigenvalue weighted by atomic mass is 10.1. The lowest BCUT2D eigenvalue weighted by Gasteiger charge is -2.15. The highest BCUT2D eigenvalue weighted by molar-refractivity contribution is 6.53. The van der Waals surface area contributed by atoms with Gasteiger partial charge in [0.15, 0.2) is 0 Å². The van der Waals surface area contributed by atoms with Crippen molar-refractivity contribution in [3.63, 3.8) is 0 Å². The molecule has 1 aliphatic rings. The van der Waals surface area contributed by atoms with Gasteiger partial charge in [-0.2, -0.15) is 0 Å². The molecule has 6 nitrogen and oxygen atoms in total. The Morgan fingerprint density at radius 3 is 2.39 bits per heavy atom. The van der Waals surface area contributed by atoms with Crippen LogP contribution >= 0.6 is 58.0 Å². The Bertz CT molecular complexity index is 1060. The number of hydrogen-bond donors (Lipinski definition) is 3. The first-order chi connectivity index (χ1) is 15.5. The fourth-order valence-corrected chi connectivity index (χ4v) is 5.13. The average Bonchev–Trinajstić information content (AvgIpc) is 3.31. The molecule has 2 aromatic carbocycles. The number of carbonyl (C=O) groups is 3. The van der Waals surface area contributed by atoms with Gasteiger partial charge in [-0.05, 0) is 55.3 Å². The van der Waals surface area contributed by atoms with Crippen LogP contribution < -0.4 is 16.0 Å². The molecule has 0 radical (unpaired) electrons. The van der Waals surface area contributed by atoms with Crippen molar-refractivity contribution in [2.24, 2.45) is 5.92 Å². The predicted octanol–water partition coefficient (Wildman–Crippen LogP) is 5.43. The summed E-state index contributed by atoms with van der Waals surface area (Å²) in [5.41, 5.74) is 1.22. The van der Waals surface area contributed by atoms with E-state index in [2.05, 4.69) is 16.0 Å². The smallest absolute Gasteiger partial charge is 0.253 e. The molecule has 0 aliphatic heterocycles. The second-order valence-electron chi connectivity index (χ2n) is 7.75. The Labute approximate surface area is 216 Å². The summed E-state index contributed by atoms with van der Waals surface area (Å²) in [5, 5.41) is 9.14. The van der Waals surface area contributed by atoms with E-state index < -0.39 is 28.0 Å². The van der Waals surface area contributed by atoms with E-state index in [1.165, 1.54) is 12.1 Å². The maximum absolute atomic E-state index is 12.9. The molecule has 0 heterocycles. The molecule has 3 unspecified atom stereocenters. The lowest BCUT2D eigenvalue weighted by molar-refractivity contribution is -0.117. The number of carbonyl (C=O) groups excluding carboxylic acids is 3. The summed E-state index contributed by atoms with van der Waals surface area (Å²) in [4.78, 5) is 35.9. The molecule has 0 bridgehead atoms. The Balaban J connectivity index is 1.70. The Morgan fingerprint density at radius 1 is 1.09 bits per heavy atom. The molecular formula is C22H20Cl5N3O3. The molecule has 3 amide bonds. The third kappa shape index (κ3) is 6.25. The van der Waals surface area contributed by atoms with Crippen LogP contribution in [-0.2, 0) is 9.59 Å². The van der Waals surface area contributed by atoms with Gasteiger partial charge < -0.3 is 16.0 Å².